The average molecular weight is 200 g/mol. The summed E-state index contributed by atoms with van der Waals surface area (Å²) in [5.41, 5.74) is 4.98. The molecule has 82 valence electrons. The fourth-order valence-corrected chi connectivity index (χ4v) is 1.56. The molecule has 3 N–H and O–H groups in total. The molecule has 0 radical (unpaired) electrons. The molecule has 1 amide bonds. The Morgan fingerprint density at radius 3 is 2.93 bits per heavy atom. The molecular weight excluding hydrogens is 180 g/mol. The van der Waals surface area contributed by atoms with Crippen molar-refractivity contribution >= 4 is 5.91 Å². The Morgan fingerprint density at radius 1 is 1.71 bits per heavy atom. The van der Waals surface area contributed by atoms with Crippen LogP contribution < -0.4 is 11.1 Å². The van der Waals surface area contributed by atoms with Gasteiger partial charge in [-0.1, -0.05) is 0 Å². The van der Waals surface area contributed by atoms with Crippen LogP contribution in [0.25, 0.3) is 0 Å². The zero-order valence-corrected chi connectivity index (χ0v) is 9.01. The van der Waals surface area contributed by atoms with Gasteiger partial charge < -0.3 is 15.8 Å². The number of rotatable bonds is 4. The Hall–Kier alpha value is -0.610. The third-order valence-electron chi connectivity index (χ3n) is 2.58. The Kier molecular flexibility index (Phi) is 3.89. The highest BCUT2D eigenvalue weighted by atomic mass is 16.5. The first-order valence-electron chi connectivity index (χ1n) is 5.22. The average Bonchev–Trinajstić information content (AvgIpc) is 2.52. The summed E-state index contributed by atoms with van der Waals surface area (Å²) in [6, 6.07) is 0.132. The van der Waals surface area contributed by atoms with Crippen LogP contribution in [0.15, 0.2) is 0 Å². The van der Waals surface area contributed by atoms with E-state index in [1.165, 1.54) is 0 Å². The van der Waals surface area contributed by atoms with Crippen LogP contribution in [0.3, 0.4) is 0 Å². The van der Waals surface area contributed by atoms with Crippen LogP contribution in [-0.2, 0) is 9.53 Å². The highest BCUT2D eigenvalue weighted by Gasteiger charge is 2.37. The second kappa shape index (κ2) is 4.75. The summed E-state index contributed by atoms with van der Waals surface area (Å²) in [5, 5.41) is 2.85. The van der Waals surface area contributed by atoms with E-state index >= 15 is 0 Å². The van der Waals surface area contributed by atoms with Gasteiger partial charge in [0.25, 0.3) is 5.91 Å². The molecule has 0 spiro atoms. The predicted molar refractivity (Wildman–Crippen MR) is 54.9 cm³/mol. The van der Waals surface area contributed by atoms with Crippen molar-refractivity contribution in [3.63, 3.8) is 0 Å². The van der Waals surface area contributed by atoms with Crippen molar-refractivity contribution in [3.05, 3.63) is 0 Å². The molecule has 0 aliphatic carbocycles. The fraction of sp³-hybridized carbons (Fsp3) is 0.900. The first-order chi connectivity index (χ1) is 6.54. The smallest absolute Gasteiger partial charge is 0.251 e. The lowest BCUT2D eigenvalue weighted by molar-refractivity contribution is -0.139. The molecule has 1 rings (SSSR count). The lowest BCUT2D eigenvalue weighted by Crippen LogP contribution is -2.44. The number of carbonyl (C=O) groups is 1. The van der Waals surface area contributed by atoms with Gasteiger partial charge >= 0.3 is 0 Å². The molecule has 4 heteroatoms. The molecule has 1 heterocycles. The molecule has 4 nitrogen and oxygen atoms in total. The number of nitrogens with two attached hydrogens (primary N) is 1. The largest absolute Gasteiger partial charge is 0.365 e. The van der Waals surface area contributed by atoms with Crippen molar-refractivity contribution < 1.29 is 9.53 Å². The van der Waals surface area contributed by atoms with Crippen molar-refractivity contribution in [1.82, 2.24) is 5.32 Å². The summed E-state index contributed by atoms with van der Waals surface area (Å²) in [5.74, 6) is -0.00403. The summed E-state index contributed by atoms with van der Waals surface area (Å²) in [6.45, 7) is 5.10. The maximum atomic E-state index is 11.7. The molecule has 0 saturated carbocycles. The summed E-state index contributed by atoms with van der Waals surface area (Å²) >= 11 is 0. The number of hydrogen-bond donors (Lipinski definition) is 2. The zero-order chi connectivity index (χ0) is 10.6. The lowest BCUT2D eigenvalue weighted by Gasteiger charge is -2.22. The summed E-state index contributed by atoms with van der Waals surface area (Å²) in [4.78, 5) is 11.7. The van der Waals surface area contributed by atoms with Crippen molar-refractivity contribution in [2.24, 2.45) is 5.73 Å². The third-order valence-corrected chi connectivity index (χ3v) is 2.58. The third kappa shape index (κ3) is 2.96. The van der Waals surface area contributed by atoms with Gasteiger partial charge in [0.05, 0.1) is 0 Å². The van der Waals surface area contributed by atoms with Gasteiger partial charge in [0.2, 0.25) is 0 Å². The molecule has 1 aliphatic heterocycles. The zero-order valence-electron chi connectivity index (χ0n) is 9.01. The first-order valence-corrected chi connectivity index (χ1v) is 5.22. The van der Waals surface area contributed by atoms with Gasteiger partial charge in [0.1, 0.15) is 5.60 Å². The number of ether oxygens (including phenoxy) is 1. The Labute approximate surface area is 85.2 Å². The molecule has 0 aromatic rings. The van der Waals surface area contributed by atoms with Gasteiger partial charge in [-0.2, -0.15) is 0 Å². The SMILES string of the molecule is CC(N)CCNC(=O)C1(C)CCCO1. The number of hydrogen-bond acceptors (Lipinski definition) is 3. The van der Waals surface area contributed by atoms with Gasteiger partial charge in [0, 0.05) is 19.2 Å². The van der Waals surface area contributed by atoms with E-state index in [9.17, 15) is 4.79 Å². The maximum Gasteiger partial charge on any atom is 0.251 e. The van der Waals surface area contributed by atoms with Gasteiger partial charge in [-0.25, -0.2) is 0 Å². The predicted octanol–water partition coefficient (Wildman–Crippen LogP) is 0.409. The van der Waals surface area contributed by atoms with Crippen molar-refractivity contribution in [2.75, 3.05) is 13.2 Å². The molecule has 0 aromatic heterocycles. The monoisotopic (exact) mass is 200 g/mol. The standard InChI is InChI=1S/C10H20N2O2/c1-8(11)4-6-12-9(13)10(2)5-3-7-14-10/h8H,3-7,11H2,1-2H3,(H,12,13). The molecule has 14 heavy (non-hydrogen) atoms. The molecule has 2 atom stereocenters. The molecule has 1 fully saturated rings. The van der Waals surface area contributed by atoms with E-state index in [0.29, 0.717) is 13.2 Å². The quantitative estimate of drug-likeness (QED) is 0.691. The van der Waals surface area contributed by atoms with E-state index < -0.39 is 5.60 Å². The van der Waals surface area contributed by atoms with E-state index in [4.69, 9.17) is 10.5 Å². The van der Waals surface area contributed by atoms with Crippen LogP contribution in [-0.4, -0.2) is 30.7 Å². The van der Waals surface area contributed by atoms with E-state index in [2.05, 4.69) is 5.32 Å². The number of amides is 1. The van der Waals surface area contributed by atoms with Crippen LogP contribution in [0.4, 0.5) is 0 Å². The van der Waals surface area contributed by atoms with Gasteiger partial charge in [0.15, 0.2) is 0 Å². The minimum Gasteiger partial charge on any atom is -0.365 e. The Bertz CT molecular complexity index is 198. The van der Waals surface area contributed by atoms with E-state index in [0.717, 1.165) is 19.3 Å². The van der Waals surface area contributed by atoms with E-state index in [1.54, 1.807) is 0 Å². The van der Waals surface area contributed by atoms with E-state index in [1.807, 2.05) is 13.8 Å². The first kappa shape index (κ1) is 11.5. The minimum absolute atomic E-state index is 0.00403. The normalized spacial score (nSPS) is 28.8. The molecular formula is C10H20N2O2. The molecule has 1 saturated heterocycles. The highest BCUT2D eigenvalue weighted by Crippen LogP contribution is 2.24. The summed E-state index contributed by atoms with van der Waals surface area (Å²) < 4.78 is 5.42. The molecule has 0 aromatic carbocycles. The molecule has 0 bridgehead atoms. The molecule has 2 unspecified atom stereocenters. The minimum atomic E-state index is -0.599. The highest BCUT2D eigenvalue weighted by molar-refractivity contribution is 5.84. The number of nitrogens with one attached hydrogen (secondary N) is 1. The second-order valence-electron chi connectivity index (χ2n) is 4.20. The summed E-state index contributed by atoms with van der Waals surface area (Å²) in [6.07, 6.45) is 2.59. The van der Waals surface area contributed by atoms with Gasteiger partial charge in [-0.3, -0.25) is 4.79 Å². The van der Waals surface area contributed by atoms with Crippen molar-refractivity contribution in [2.45, 2.75) is 44.8 Å². The van der Waals surface area contributed by atoms with Gasteiger partial charge in [-0.15, -0.1) is 0 Å². The van der Waals surface area contributed by atoms with Gasteiger partial charge in [-0.05, 0) is 33.1 Å². The van der Waals surface area contributed by atoms with Crippen LogP contribution >= 0.6 is 0 Å². The summed E-state index contributed by atoms with van der Waals surface area (Å²) in [7, 11) is 0. The van der Waals surface area contributed by atoms with Crippen LogP contribution in [0.1, 0.15) is 33.1 Å². The van der Waals surface area contributed by atoms with Crippen molar-refractivity contribution in [1.29, 1.82) is 0 Å². The molecule has 1 aliphatic rings. The van der Waals surface area contributed by atoms with Crippen LogP contribution in [0.2, 0.25) is 0 Å². The Morgan fingerprint density at radius 2 is 2.43 bits per heavy atom. The topological polar surface area (TPSA) is 64.3 Å². The number of carbonyl (C=O) groups excluding carboxylic acids is 1. The lowest BCUT2D eigenvalue weighted by atomic mass is 10.0. The maximum absolute atomic E-state index is 11.7. The fourth-order valence-electron chi connectivity index (χ4n) is 1.56. The van der Waals surface area contributed by atoms with Crippen LogP contribution in [0, 0.1) is 0 Å². The van der Waals surface area contributed by atoms with Crippen LogP contribution in [0.5, 0.6) is 0 Å². The Balaban J connectivity index is 2.27. The second-order valence-corrected chi connectivity index (χ2v) is 4.20. The van der Waals surface area contributed by atoms with E-state index in [-0.39, 0.29) is 11.9 Å². The van der Waals surface area contributed by atoms with Crippen molar-refractivity contribution in [3.8, 4) is 0 Å².